The zero-order chi connectivity index (χ0) is 21.6. The van der Waals surface area contributed by atoms with Crippen LogP contribution in [0, 0.1) is 0 Å². The van der Waals surface area contributed by atoms with Crippen LogP contribution < -0.4 is 14.8 Å². The van der Waals surface area contributed by atoms with E-state index in [0.29, 0.717) is 24.6 Å². The van der Waals surface area contributed by atoms with E-state index in [9.17, 15) is 22.0 Å². The smallest absolute Gasteiger partial charge is 0.403 e. The van der Waals surface area contributed by atoms with Gasteiger partial charge in [0.25, 0.3) is 0 Å². The second kappa shape index (κ2) is 9.95. The molecule has 2 rings (SSSR count). The van der Waals surface area contributed by atoms with Crippen LogP contribution in [0.25, 0.3) is 0 Å². The fraction of sp³-hybridized carbons (Fsp3) is 0.611. The molecule has 164 valence electrons. The molecule has 1 heterocycles. The van der Waals surface area contributed by atoms with Crippen molar-refractivity contribution in [2.24, 2.45) is 4.99 Å². The molecule has 11 heteroatoms. The molecule has 1 N–H and O–H groups in total. The first kappa shape index (κ1) is 23.0. The van der Waals surface area contributed by atoms with E-state index in [-0.39, 0.29) is 31.1 Å². The lowest BCUT2D eigenvalue weighted by Gasteiger charge is -2.39. The minimum absolute atomic E-state index is 0.0773. The van der Waals surface area contributed by atoms with Crippen LogP contribution >= 0.6 is 0 Å². The van der Waals surface area contributed by atoms with Crippen molar-refractivity contribution < 1.29 is 31.4 Å². The summed E-state index contributed by atoms with van der Waals surface area (Å²) in [5, 5.41) is 3.10. The van der Waals surface area contributed by atoms with Crippen molar-refractivity contribution in [1.29, 1.82) is 0 Å². The summed E-state index contributed by atoms with van der Waals surface area (Å²) in [6, 6.07) is 3.16. The molecular formula is C18H25F5N4O2. The van der Waals surface area contributed by atoms with Gasteiger partial charge in [-0.15, -0.1) is 0 Å². The van der Waals surface area contributed by atoms with E-state index in [1.54, 1.807) is 13.1 Å². The molecule has 29 heavy (non-hydrogen) atoms. The molecule has 1 fully saturated rings. The van der Waals surface area contributed by atoms with Gasteiger partial charge in [0, 0.05) is 39.8 Å². The Balaban J connectivity index is 1.95. The summed E-state index contributed by atoms with van der Waals surface area (Å²) in [7, 11) is 2.93. The van der Waals surface area contributed by atoms with Crippen molar-refractivity contribution in [2.45, 2.75) is 32.3 Å². The fourth-order valence-corrected chi connectivity index (χ4v) is 3.06. The summed E-state index contributed by atoms with van der Waals surface area (Å²) in [5.74, 6) is 0.635. The fourth-order valence-electron chi connectivity index (χ4n) is 3.06. The van der Waals surface area contributed by atoms with Crippen molar-refractivity contribution in [1.82, 2.24) is 15.1 Å². The van der Waals surface area contributed by atoms with E-state index in [4.69, 9.17) is 4.74 Å². The number of hydrogen-bond acceptors (Lipinski definition) is 4. The number of alkyl halides is 5. The monoisotopic (exact) mass is 424 g/mol. The van der Waals surface area contributed by atoms with Crippen molar-refractivity contribution in [3.05, 3.63) is 23.8 Å². The highest BCUT2D eigenvalue weighted by atomic mass is 19.4. The summed E-state index contributed by atoms with van der Waals surface area (Å²) in [6.45, 7) is -0.242. The van der Waals surface area contributed by atoms with Gasteiger partial charge in [0.2, 0.25) is 0 Å². The standard InChI is InChI=1S/C18H25F5N4O2/c1-12(18(21,22)23)26-6-8-27(9-7-26)17(24-2)25-11-13-4-5-14(28-3)15(10-13)29-16(19)20/h4-5,10,12,16H,6-9,11H2,1-3H3,(H,24,25). The molecule has 1 aliphatic heterocycles. The minimum atomic E-state index is -4.26. The van der Waals surface area contributed by atoms with Crippen LogP contribution in [0.15, 0.2) is 23.2 Å². The first-order valence-corrected chi connectivity index (χ1v) is 9.03. The van der Waals surface area contributed by atoms with Crippen LogP contribution in [0.5, 0.6) is 11.5 Å². The third kappa shape index (κ3) is 6.34. The summed E-state index contributed by atoms with van der Waals surface area (Å²) in [5.41, 5.74) is 0.659. The van der Waals surface area contributed by atoms with Crippen LogP contribution in [0.4, 0.5) is 22.0 Å². The Bertz CT molecular complexity index is 691. The number of hydrogen-bond donors (Lipinski definition) is 1. The number of aliphatic imine (C=N–C) groups is 1. The number of nitrogens with one attached hydrogen (secondary N) is 1. The molecule has 1 aliphatic rings. The molecule has 0 radical (unpaired) electrons. The Morgan fingerprint density at radius 3 is 2.34 bits per heavy atom. The van der Waals surface area contributed by atoms with E-state index in [1.807, 2.05) is 4.90 Å². The lowest BCUT2D eigenvalue weighted by Crippen LogP contribution is -2.56. The Morgan fingerprint density at radius 2 is 1.83 bits per heavy atom. The Morgan fingerprint density at radius 1 is 1.17 bits per heavy atom. The molecular weight excluding hydrogens is 399 g/mol. The highest BCUT2D eigenvalue weighted by Gasteiger charge is 2.41. The minimum Gasteiger partial charge on any atom is -0.493 e. The number of guanidine groups is 1. The van der Waals surface area contributed by atoms with Crippen molar-refractivity contribution in [3.8, 4) is 11.5 Å². The van der Waals surface area contributed by atoms with E-state index in [0.717, 1.165) is 6.92 Å². The van der Waals surface area contributed by atoms with E-state index in [1.165, 1.54) is 24.1 Å². The second-order valence-corrected chi connectivity index (χ2v) is 6.51. The molecule has 1 atom stereocenters. The largest absolute Gasteiger partial charge is 0.493 e. The average Bonchev–Trinajstić information content (AvgIpc) is 2.67. The summed E-state index contributed by atoms with van der Waals surface area (Å²) < 4.78 is 73.2. The number of halogens is 5. The van der Waals surface area contributed by atoms with Crippen LogP contribution in [0.1, 0.15) is 12.5 Å². The number of nitrogens with zero attached hydrogens (tertiary/aromatic N) is 3. The molecule has 1 saturated heterocycles. The highest BCUT2D eigenvalue weighted by molar-refractivity contribution is 5.80. The van der Waals surface area contributed by atoms with Gasteiger partial charge in [-0.05, 0) is 24.6 Å². The molecule has 0 spiro atoms. The summed E-state index contributed by atoms with van der Waals surface area (Å²) >= 11 is 0. The van der Waals surface area contributed by atoms with Crippen molar-refractivity contribution in [2.75, 3.05) is 40.3 Å². The maximum absolute atomic E-state index is 12.9. The maximum atomic E-state index is 12.9. The molecule has 6 nitrogen and oxygen atoms in total. The Hall–Kier alpha value is -2.30. The summed E-state index contributed by atoms with van der Waals surface area (Å²) in [6.07, 6.45) is -4.26. The average molecular weight is 424 g/mol. The number of benzene rings is 1. The van der Waals surface area contributed by atoms with Gasteiger partial charge < -0.3 is 19.7 Å². The normalized spacial score (nSPS) is 17.4. The van der Waals surface area contributed by atoms with Crippen molar-refractivity contribution >= 4 is 5.96 Å². The van der Waals surface area contributed by atoms with E-state index >= 15 is 0 Å². The van der Waals surface area contributed by atoms with Gasteiger partial charge in [0.15, 0.2) is 17.5 Å². The molecule has 0 aliphatic carbocycles. The predicted molar refractivity (Wildman–Crippen MR) is 98.5 cm³/mol. The van der Waals surface area contributed by atoms with Crippen LogP contribution in [0.2, 0.25) is 0 Å². The lowest BCUT2D eigenvalue weighted by molar-refractivity contribution is -0.181. The Kier molecular flexibility index (Phi) is 7.88. The van der Waals surface area contributed by atoms with Gasteiger partial charge in [-0.3, -0.25) is 9.89 Å². The maximum Gasteiger partial charge on any atom is 0.403 e. The summed E-state index contributed by atoms with van der Waals surface area (Å²) in [4.78, 5) is 7.42. The Labute approximate surface area is 166 Å². The molecule has 1 unspecified atom stereocenters. The van der Waals surface area contributed by atoms with Gasteiger partial charge in [-0.25, -0.2) is 0 Å². The lowest BCUT2D eigenvalue weighted by atomic mass is 10.2. The van der Waals surface area contributed by atoms with E-state index < -0.39 is 18.8 Å². The zero-order valence-corrected chi connectivity index (χ0v) is 16.5. The van der Waals surface area contributed by atoms with Crippen LogP contribution in [-0.2, 0) is 6.54 Å². The first-order valence-electron chi connectivity index (χ1n) is 9.03. The first-order chi connectivity index (χ1) is 13.7. The topological polar surface area (TPSA) is 49.3 Å². The highest BCUT2D eigenvalue weighted by Crippen LogP contribution is 2.29. The van der Waals surface area contributed by atoms with Gasteiger partial charge in [0.1, 0.15) is 6.04 Å². The molecule has 0 bridgehead atoms. The molecule has 0 saturated carbocycles. The molecule has 0 aromatic heterocycles. The van der Waals surface area contributed by atoms with Gasteiger partial charge in [-0.1, -0.05) is 6.07 Å². The quantitative estimate of drug-likeness (QED) is 0.432. The number of ether oxygens (including phenoxy) is 2. The number of piperazine rings is 1. The number of rotatable bonds is 6. The zero-order valence-electron chi connectivity index (χ0n) is 16.5. The van der Waals surface area contributed by atoms with E-state index in [2.05, 4.69) is 15.0 Å². The van der Waals surface area contributed by atoms with Crippen LogP contribution in [0.3, 0.4) is 0 Å². The third-order valence-electron chi connectivity index (χ3n) is 4.74. The van der Waals surface area contributed by atoms with Gasteiger partial charge >= 0.3 is 12.8 Å². The van der Waals surface area contributed by atoms with Crippen LogP contribution in [-0.4, -0.2) is 74.9 Å². The SMILES string of the molecule is CN=C(NCc1ccc(OC)c(OC(F)F)c1)N1CCN(C(C)C(F)(F)F)CC1. The molecule has 0 amide bonds. The molecule has 1 aromatic rings. The number of methoxy groups -OCH3 is 1. The van der Waals surface area contributed by atoms with Gasteiger partial charge in [0.05, 0.1) is 7.11 Å². The second-order valence-electron chi connectivity index (χ2n) is 6.51. The predicted octanol–water partition coefficient (Wildman–Crippen LogP) is 2.94. The van der Waals surface area contributed by atoms with Gasteiger partial charge in [-0.2, -0.15) is 22.0 Å². The van der Waals surface area contributed by atoms with Crippen molar-refractivity contribution in [3.63, 3.8) is 0 Å². The third-order valence-corrected chi connectivity index (χ3v) is 4.74. The molecule has 1 aromatic carbocycles.